The van der Waals surface area contributed by atoms with Gasteiger partial charge in [-0.3, -0.25) is 4.79 Å². The minimum Gasteiger partial charge on any atom is -0.298 e. The number of carbonyl (C=O) groups excluding carboxylic acids is 1. The third-order valence-corrected chi connectivity index (χ3v) is 1.93. The highest BCUT2D eigenvalue weighted by Crippen LogP contribution is 2.07. The number of carbonyl (C=O) groups is 1. The first-order chi connectivity index (χ1) is 6.51. The lowest BCUT2D eigenvalue weighted by Gasteiger charge is -1.93. The van der Waals surface area contributed by atoms with Crippen LogP contribution >= 0.6 is 0 Å². The van der Waals surface area contributed by atoms with Gasteiger partial charge in [-0.2, -0.15) is 8.42 Å². The van der Waals surface area contributed by atoms with Crippen LogP contribution in [0.3, 0.4) is 0 Å². The Labute approximate surface area is 81.1 Å². The Morgan fingerprint density at radius 1 is 1.21 bits per heavy atom. The van der Waals surface area contributed by atoms with E-state index in [0.29, 0.717) is 22.8 Å². The summed E-state index contributed by atoms with van der Waals surface area (Å²) in [5.41, 5.74) is 0.860. The molecule has 1 aromatic carbocycles. The fourth-order valence-electron chi connectivity index (χ4n) is 0.896. The molecule has 0 bridgehead atoms. The fraction of sp³-hybridized carbons (Fsp3) is 0. The van der Waals surface area contributed by atoms with Gasteiger partial charge < -0.3 is 0 Å². The molecule has 0 fully saturated rings. The molecule has 3 nitrogen and oxygen atoms in total. The Balaban J connectivity index is 2.98. The van der Waals surface area contributed by atoms with Crippen molar-refractivity contribution in [2.75, 3.05) is 0 Å². The van der Waals surface area contributed by atoms with E-state index in [0.717, 1.165) is 6.08 Å². The Morgan fingerprint density at radius 3 is 2.43 bits per heavy atom. The van der Waals surface area contributed by atoms with Gasteiger partial charge in [-0.05, 0) is 17.7 Å². The lowest BCUT2D eigenvalue weighted by Crippen LogP contribution is -1.83. The van der Waals surface area contributed by atoms with E-state index < -0.39 is 10.2 Å². The summed E-state index contributed by atoms with van der Waals surface area (Å²) in [6.07, 6.45) is 1.71. The topological polar surface area (TPSA) is 51.2 Å². The summed E-state index contributed by atoms with van der Waals surface area (Å²) in [6.45, 7) is 0. The van der Waals surface area contributed by atoms with Crippen molar-refractivity contribution in [2.24, 2.45) is 0 Å². The first-order valence-electron chi connectivity index (χ1n) is 3.69. The molecule has 0 aliphatic heterocycles. The predicted octanol–water partition coefficient (Wildman–Crippen LogP) is 1.77. The summed E-state index contributed by atoms with van der Waals surface area (Å²) >= 11 is 0. The second kappa shape index (κ2) is 4.15. The molecule has 1 rings (SSSR count). The maximum atomic E-state index is 12.1. The minimum absolute atomic E-state index is 0.406. The van der Waals surface area contributed by atoms with Gasteiger partial charge in [0.2, 0.25) is 0 Å². The van der Waals surface area contributed by atoms with Crippen LogP contribution < -0.4 is 0 Å². The molecule has 0 unspecified atom stereocenters. The monoisotopic (exact) mass is 214 g/mol. The lowest BCUT2D eigenvalue weighted by molar-refractivity contribution is 0.112. The molecule has 0 aliphatic rings. The standard InChI is InChI=1S/C9H7FO3S/c10-14(12,13)5-4-8-2-1-3-9(6-8)7-11/h1-7H/b5-4+. The fourth-order valence-corrected chi connectivity index (χ4v) is 1.22. The summed E-state index contributed by atoms with van der Waals surface area (Å²) in [6, 6.07) is 6.16. The zero-order chi connectivity index (χ0) is 10.6. The maximum Gasteiger partial charge on any atom is 0.325 e. The molecule has 1 aromatic rings. The molecule has 0 aromatic heterocycles. The molecule has 0 N–H and O–H groups in total. The summed E-state index contributed by atoms with van der Waals surface area (Å²) in [5.74, 6) is 0. The highest BCUT2D eigenvalue weighted by Gasteiger charge is 1.98. The summed E-state index contributed by atoms with van der Waals surface area (Å²) in [7, 11) is -4.61. The minimum atomic E-state index is -4.61. The van der Waals surface area contributed by atoms with Crippen molar-refractivity contribution in [3.63, 3.8) is 0 Å². The zero-order valence-corrected chi connectivity index (χ0v) is 7.87. The lowest BCUT2D eigenvalue weighted by atomic mass is 10.1. The molecule has 0 aliphatic carbocycles. The van der Waals surface area contributed by atoms with Gasteiger partial charge in [0, 0.05) is 5.56 Å². The Hall–Kier alpha value is -1.49. The van der Waals surface area contributed by atoms with E-state index in [1.165, 1.54) is 6.07 Å². The summed E-state index contributed by atoms with van der Waals surface area (Å²) in [4.78, 5) is 10.3. The number of halogens is 1. The van der Waals surface area contributed by atoms with Crippen LogP contribution in [0.2, 0.25) is 0 Å². The Kier molecular flexibility index (Phi) is 3.14. The van der Waals surface area contributed by atoms with E-state index in [1.54, 1.807) is 18.2 Å². The summed E-state index contributed by atoms with van der Waals surface area (Å²) < 4.78 is 32.3. The number of rotatable bonds is 3. The van der Waals surface area contributed by atoms with Gasteiger partial charge in [0.25, 0.3) is 0 Å². The molecular weight excluding hydrogens is 207 g/mol. The number of hydrogen-bond donors (Lipinski definition) is 0. The number of benzene rings is 1. The average Bonchev–Trinajstić information content (AvgIpc) is 2.14. The van der Waals surface area contributed by atoms with Gasteiger partial charge in [0.1, 0.15) is 6.29 Å². The Morgan fingerprint density at radius 2 is 1.86 bits per heavy atom. The van der Waals surface area contributed by atoms with E-state index >= 15 is 0 Å². The van der Waals surface area contributed by atoms with Gasteiger partial charge in [-0.25, -0.2) is 0 Å². The van der Waals surface area contributed by atoms with Crippen molar-refractivity contribution in [3.05, 3.63) is 40.8 Å². The van der Waals surface area contributed by atoms with Crippen LogP contribution in [0.5, 0.6) is 0 Å². The van der Waals surface area contributed by atoms with Crippen LogP contribution in [-0.2, 0) is 10.2 Å². The van der Waals surface area contributed by atoms with Crippen molar-refractivity contribution in [2.45, 2.75) is 0 Å². The van der Waals surface area contributed by atoms with Crippen LogP contribution in [0.1, 0.15) is 15.9 Å². The molecule has 0 spiro atoms. The number of hydrogen-bond acceptors (Lipinski definition) is 3. The SMILES string of the molecule is O=Cc1cccc(/C=C/S(=O)(=O)F)c1. The van der Waals surface area contributed by atoms with E-state index in [2.05, 4.69) is 0 Å². The first kappa shape index (κ1) is 10.6. The third kappa shape index (κ3) is 3.49. The molecular formula is C9H7FO3S. The normalized spacial score (nSPS) is 11.8. The van der Waals surface area contributed by atoms with Crippen molar-refractivity contribution in [1.82, 2.24) is 0 Å². The molecule has 0 saturated carbocycles. The van der Waals surface area contributed by atoms with E-state index in [1.807, 2.05) is 0 Å². The molecule has 0 heterocycles. The van der Waals surface area contributed by atoms with Crippen molar-refractivity contribution >= 4 is 22.6 Å². The first-order valence-corrected chi connectivity index (χ1v) is 5.14. The third-order valence-electron chi connectivity index (χ3n) is 1.47. The molecule has 0 radical (unpaired) electrons. The molecule has 5 heteroatoms. The van der Waals surface area contributed by atoms with E-state index in [4.69, 9.17) is 0 Å². The van der Waals surface area contributed by atoms with Crippen LogP contribution in [0.25, 0.3) is 6.08 Å². The smallest absolute Gasteiger partial charge is 0.298 e. The van der Waals surface area contributed by atoms with Gasteiger partial charge in [0.05, 0.1) is 5.41 Å². The quantitative estimate of drug-likeness (QED) is 0.569. The van der Waals surface area contributed by atoms with Crippen LogP contribution in [0.15, 0.2) is 29.7 Å². The highest BCUT2D eigenvalue weighted by atomic mass is 32.3. The zero-order valence-electron chi connectivity index (χ0n) is 7.05. The second-order valence-corrected chi connectivity index (χ2v) is 3.79. The molecule has 0 saturated heterocycles. The molecule has 14 heavy (non-hydrogen) atoms. The average molecular weight is 214 g/mol. The van der Waals surface area contributed by atoms with Gasteiger partial charge in [0.15, 0.2) is 0 Å². The second-order valence-electron chi connectivity index (χ2n) is 2.57. The largest absolute Gasteiger partial charge is 0.325 e. The summed E-state index contributed by atoms with van der Waals surface area (Å²) in [5, 5.41) is 0.441. The van der Waals surface area contributed by atoms with Crippen LogP contribution in [0.4, 0.5) is 3.89 Å². The van der Waals surface area contributed by atoms with Gasteiger partial charge in [-0.15, -0.1) is 3.89 Å². The van der Waals surface area contributed by atoms with Gasteiger partial charge in [-0.1, -0.05) is 18.2 Å². The predicted molar refractivity (Wildman–Crippen MR) is 50.9 cm³/mol. The maximum absolute atomic E-state index is 12.1. The number of aldehydes is 1. The highest BCUT2D eigenvalue weighted by molar-refractivity contribution is 7.89. The molecule has 74 valence electrons. The molecule has 0 atom stereocenters. The molecule has 0 amide bonds. The van der Waals surface area contributed by atoms with Crippen molar-refractivity contribution in [1.29, 1.82) is 0 Å². The van der Waals surface area contributed by atoms with Gasteiger partial charge >= 0.3 is 10.2 Å². The van der Waals surface area contributed by atoms with E-state index in [9.17, 15) is 17.1 Å². The van der Waals surface area contributed by atoms with Crippen LogP contribution in [0, 0.1) is 0 Å². The van der Waals surface area contributed by atoms with Crippen molar-refractivity contribution in [3.8, 4) is 0 Å². The van der Waals surface area contributed by atoms with Crippen LogP contribution in [-0.4, -0.2) is 14.7 Å². The Bertz CT molecular complexity index is 463. The van der Waals surface area contributed by atoms with E-state index in [-0.39, 0.29) is 0 Å². The van der Waals surface area contributed by atoms with Crippen molar-refractivity contribution < 1.29 is 17.1 Å².